The van der Waals surface area contributed by atoms with Gasteiger partial charge in [0, 0.05) is 25.7 Å². The van der Waals surface area contributed by atoms with Gasteiger partial charge in [0.15, 0.2) is 5.41 Å². The molecule has 0 amide bonds. The van der Waals surface area contributed by atoms with Crippen molar-refractivity contribution in [2.45, 2.75) is 52.7 Å². The standard InChI is InChI=1S/C20H28N2O5/c1-13(2)26-18(23)20(19(24)27-14(3)4)10-15-9-17(21-12-16(15)11-20)22-5-7-25-8-6-22/h9,12-14H,5-8,10-11H2,1-4H3. The van der Waals surface area contributed by atoms with Gasteiger partial charge in [-0.1, -0.05) is 0 Å². The lowest BCUT2D eigenvalue weighted by molar-refractivity contribution is -0.176. The Labute approximate surface area is 160 Å². The first-order valence-corrected chi connectivity index (χ1v) is 9.54. The number of fused-ring (bicyclic) bond motifs is 1. The molecule has 0 aromatic carbocycles. The van der Waals surface area contributed by atoms with E-state index in [-0.39, 0.29) is 25.0 Å². The Morgan fingerprint density at radius 2 is 1.59 bits per heavy atom. The molecule has 2 heterocycles. The molecule has 1 fully saturated rings. The van der Waals surface area contributed by atoms with Crippen molar-refractivity contribution in [3.05, 3.63) is 23.4 Å². The van der Waals surface area contributed by atoms with Gasteiger partial charge in [0.1, 0.15) is 5.82 Å². The summed E-state index contributed by atoms with van der Waals surface area (Å²) >= 11 is 0. The van der Waals surface area contributed by atoms with Gasteiger partial charge in [0.05, 0.1) is 25.4 Å². The molecule has 3 rings (SSSR count). The van der Waals surface area contributed by atoms with E-state index >= 15 is 0 Å². The minimum Gasteiger partial charge on any atom is -0.462 e. The maximum absolute atomic E-state index is 12.9. The topological polar surface area (TPSA) is 78.0 Å². The molecule has 148 valence electrons. The summed E-state index contributed by atoms with van der Waals surface area (Å²) < 4.78 is 16.3. The molecule has 2 aliphatic rings. The maximum Gasteiger partial charge on any atom is 0.324 e. The molecule has 1 aromatic rings. The molecule has 1 aliphatic heterocycles. The average molecular weight is 376 g/mol. The van der Waals surface area contributed by atoms with Crippen LogP contribution < -0.4 is 4.90 Å². The quantitative estimate of drug-likeness (QED) is 0.574. The highest BCUT2D eigenvalue weighted by molar-refractivity contribution is 6.01. The zero-order chi connectivity index (χ0) is 19.6. The van der Waals surface area contributed by atoms with Crippen molar-refractivity contribution in [3.8, 4) is 0 Å². The second-order valence-corrected chi connectivity index (χ2v) is 7.75. The number of hydrogen-bond acceptors (Lipinski definition) is 7. The Bertz CT molecular complexity index is 688. The molecule has 7 nitrogen and oxygen atoms in total. The fourth-order valence-electron chi connectivity index (χ4n) is 3.54. The van der Waals surface area contributed by atoms with Crippen molar-refractivity contribution < 1.29 is 23.8 Å². The van der Waals surface area contributed by atoms with Crippen LogP contribution in [0.4, 0.5) is 5.82 Å². The van der Waals surface area contributed by atoms with Crippen LogP contribution in [0.2, 0.25) is 0 Å². The Balaban J connectivity index is 1.88. The fourth-order valence-corrected chi connectivity index (χ4v) is 3.54. The first-order chi connectivity index (χ1) is 12.8. The summed E-state index contributed by atoms with van der Waals surface area (Å²) in [5, 5.41) is 0. The predicted octanol–water partition coefficient (Wildman–Crippen LogP) is 1.91. The number of esters is 2. The van der Waals surface area contributed by atoms with Crippen LogP contribution in [0.5, 0.6) is 0 Å². The number of ether oxygens (including phenoxy) is 3. The minimum absolute atomic E-state index is 0.260. The molecule has 0 atom stereocenters. The first kappa shape index (κ1) is 19.6. The first-order valence-electron chi connectivity index (χ1n) is 9.54. The number of pyridine rings is 1. The van der Waals surface area contributed by atoms with Crippen LogP contribution in [0.15, 0.2) is 12.3 Å². The summed E-state index contributed by atoms with van der Waals surface area (Å²) in [4.78, 5) is 32.5. The molecule has 7 heteroatoms. The molecule has 1 aliphatic carbocycles. The van der Waals surface area contributed by atoms with Crippen molar-refractivity contribution in [1.82, 2.24) is 4.98 Å². The average Bonchev–Trinajstić information content (AvgIpc) is 3.01. The Morgan fingerprint density at radius 3 is 2.15 bits per heavy atom. The molecule has 1 saturated heterocycles. The van der Waals surface area contributed by atoms with Crippen molar-refractivity contribution in [3.63, 3.8) is 0 Å². The van der Waals surface area contributed by atoms with E-state index in [1.54, 1.807) is 33.9 Å². The van der Waals surface area contributed by atoms with E-state index in [1.165, 1.54) is 0 Å². The summed E-state index contributed by atoms with van der Waals surface area (Å²) in [6.45, 7) is 10.0. The normalized spacial score (nSPS) is 18.5. The van der Waals surface area contributed by atoms with Gasteiger partial charge in [0.25, 0.3) is 0 Å². The summed E-state index contributed by atoms with van der Waals surface area (Å²) in [7, 11) is 0. The van der Waals surface area contributed by atoms with Gasteiger partial charge in [-0.15, -0.1) is 0 Å². The minimum atomic E-state index is -1.33. The highest BCUT2D eigenvalue weighted by atomic mass is 16.6. The van der Waals surface area contributed by atoms with Crippen molar-refractivity contribution in [2.75, 3.05) is 31.2 Å². The number of carbonyl (C=O) groups excluding carboxylic acids is 2. The van der Waals surface area contributed by atoms with Gasteiger partial charge >= 0.3 is 11.9 Å². The van der Waals surface area contributed by atoms with Gasteiger partial charge in [-0.05, 0) is 51.3 Å². The molecular weight excluding hydrogens is 348 g/mol. The number of morpholine rings is 1. The van der Waals surface area contributed by atoms with Crippen molar-refractivity contribution >= 4 is 17.8 Å². The fraction of sp³-hybridized carbons (Fsp3) is 0.650. The lowest BCUT2D eigenvalue weighted by Gasteiger charge is -2.28. The number of nitrogens with zero attached hydrogens (tertiary/aromatic N) is 2. The third kappa shape index (κ3) is 4.08. The molecular formula is C20H28N2O5. The van der Waals surface area contributed by atoms with Gasteiger partial charge in [-0.2, -0.15) is 0 Å². The molecule has 0 saturated carbocycles. The molecule has 0 radical (unpaired) electrons. The predicted molar refractivity (Wildman–Crippen MR) is 99.6 cm³/mol. The zero-order valence-electron chi connectivity index (χ0n) is 16.5. The van der Waals surface area contributed by atoms with Crippen LogP contribution in [-0.4, -0.2) is 55.4 Å². The van der Waals surface area contributed by atoms with Gasteiger partial charge in [0.2, 0.25) is 0 Å². The lowest BCUT2D eigenvalue weighted by atomic mass is 9.84. The van der Waals surface area contributed by atoms with Gasteiger partial charge in [-0.25, -0.2) is 4.98 Å². The lowest BCUT2D eigenvalue weighted by Crippen LogP contribution is -2.44. The summed E-state index contributed by atoms with van der Waals surface area (Å²) in [6.07, 6.45) is 1.71. The summed E-state index contributed by atoms with van der Waals surface area (Å²) in [5.41, 5.74) is 0.517. The number of hydrogen-bond donors (Lipinski definition) is 0. The molecule has 0 bridgehead atoms. The SMILES string of the molecule is CC(C)OC(=O)C1(C(=O)OC(C)C)Cc2cnc(N3CCOCC3)cc2C1. The number of aromatic nitrogens is 1. The van der Waals surface area contributed by atoms with Crippen LogP contribution in [0.3, 0.4) is 0 Å². The van der Waals surface area contributed by atoms with E-state index in [4.69, 9.17) is 14.2 Å². The van der Waals surface area contributed by atoms with E-state index in [1.807, 2.05) is 6.07 Å². The number of carbonyl (C=O) groups is 2. The van der Waals surface area contributed by atoms with E-state index in [0.29, 0.717) is 13.2 Å². The summed E-state index contributed by atoms with van der Waals surface area (Å²) in [6, 6.07) is 1.98. The third-order valence-corrected chi connectivity index (χ3v) is 4.85. The van der Waals surface area contributed by atoms with Crippen LogP contribution in [-0.2, 0) is 36.6 Å². The molecule has 27 heavy (non-hydrogen) atoms. The Hall–Kier alpha value is -2.15. The summed E-state index contributed by atoms with van der Waals surface area (Å²) in [5.74, 6) is -0.193. The number of rotatable bonds is 5. The van der Waals surface area contributed by atoms with Crippen LogP contribution in [0.1, 0.15) is 38.8 Å². The van der Waals surface area contributed by atoms with Gasteiger partial charge < -0.3 is 19.1 Å². The largest absolute Gasteiger partial charge is 0.462 e. The van der Waals surface area contributed by atoms with E-state index in [0.717, 1.165) is 30.0 Å². The highest BCUT2D eigenvalue weighted by Crippen LogP contribution is 2.40. The smallest absolute Gasteiger partial charge is 0.324 e. The second kappa shape index (κ2) is 7.84. The molecule has 1 aromatic heterocycles. The van der Waals surface area contributed by atoms with Gasteiger partial charge in [-0.3, -0.25) is 9.59 Å². The zero-order valence-corrected chi connectivity index (χ0v) is 16.5. The van der Waals surface area contributed by atoms with Crippen LogP contribution in [0, 0.1) is 5.41 Å². The van der Waals surface area contributed by atoms with Crippen molar-refractivity contribution in [1.29, 1.82) is 0 Å². The van der Waals surface area contributed by atoms with Crippen LogP contribution in [0.25, 0.3) is 0 Å². The van der Waals surface area contributed by atoms with E-state index in [9.17, 15) is 9.59 Å². The Kier molecular flexibility index (Phi) is 5.69. The van der Waals surface area contributed by atoms with E-state index < -0.39 is 17.4 Å². The van der Waals surface area contributed by atoms with Crippen LogP contribution >= 0.6 is 0 Å². The maximum atomic E-state index is 12.9. The molecule has 0 unspecified atom stereocenters. The second-order valence-electron chi connectivity index (χ2n) is 7.75. The molecule has 0 N–H and O–H groups in total. The highest BCUT2D eigenvalue weighted by Gasteiger charge is 2.53. The van der Waals surface area contributed by atoms with Crippen molar-refractivity contribution in [2.24, 2.45) is 5.41 Å². The number of anilines is 1. The third-order valence-electron chi connectivity index (χ3n) is 4.85. The van der Waals surface area contributed by atoms with E-state index in [2.05, 4.69) is 9.88 Å². The Morgan fingerprint density at radius 1 is 1.04 bits per heavy atom. The molecule has 0 spiro atoms. The monoisotopic (exact) mass is 376 g/mol.